The van der Waals surface area contributed by atoms with Gasteiger partial charge in [-0.05, 0) is 60.7 Å². The van der Waals surface area contributed by atoms with Gasteiger partial charge in [0.25, 0.3) is 0 Å². The van der Waals surface area contributed by atoms with Crippen molar-refractivity contribution < 1.29 is 0 Å². The molecule has 8 heteroatoms. The fourth-order valence-electron chi connectivity index (χ4n) is 4.12. The van der Waals surface area contributed by atoms with Gasteiger partial charge in [0.2, 0.25) is 0 Å². The predicted octanol–water partition coefficient (Wildman–Crippen LogP) is 5.90. The lowest BCUT2D eigenvalue weighted by Gasteiger charge is -2.42. The van der Waals surface area contributed by atoms with Gasteiger partial charge in [0, 0.05) is 33.1 Å². The van der Waals surface area contributed by atoms with Gasteiger partial charge < -0.3 is 11.1 Å². The van der Waals surface area contributed by atoms with Gasteiger partial charge in [0.15, 0.2) is 0 Å². The molecular formula is C23H24Cl3IN4. The van der Waals surface area contributed by atoms with Crippen LogP contribution in [0.3, 0.4) is 0 Å². The van der Waals surface area contributed by atoms with Crippen molar-refractivity contribution in [1.29, 1.82) is 5.26 Å². The highest BCUT2D eigenvalue weighted by atomic mass is 127. The Labute approximate surface area is 213 Å². The molecule has 1 saturated carbocycles. The van der Waals surface area contributed by atoms with Gasteiger partial charge in [-0.25, -0.2) is 0 Å². The van der Waals surface area contributed by atoms with E-state index in [0.29, 0.717) is 20.6 Å². The molecule has 1 fully saturated rings. The molecule has 1 aliphatic carbocycles. The first-order valence-corrected chi connectivity index (χ1v) is 11.3. The number of hydrogen-bond donors (Lipinski definition) is 2. The third kappa shape index (κ3) is 5.62. The minimum Gasteiger partial charge on any atom is -0.321 e. The summed E-state index contributed by atoms with van der Waals surface area (Å²) in [7, 11) is 0. The largest absolute Gasteiger partial charge is 0.321 e. The first kappa shape index (κ1) is 26.1. The zero-order valence-electron chi connectivity index (χ0n) is 16.7. The van der Waals surface area contributed by atoms with Gasteiger partial charge >= 0.3 is 0 Å². The van der Waals surface area contributed by atoms with Gasteiger partial charge in [0.1, 0.15) is 0 Å². The summed E-state index contributed by atoms with van der Waals surface area (Å²) in [6, 6.07) is 18.2. The van der Waals surface area contributed by atoms with Crippen LogP contribution in [-0.4, -0.2) is 15.0 Å². The summed E-state index contributed by atoms with van der Waals surface area (Å²) < 4.78 is 0.300. The van der Waals surface area contributed by atoms with Crippen LogP contribution >= 0.6 is 59.0 Å². The van der Waals surface area contributed by atoms with Crippen molar-refractivity contribution in [2.75, 3.05) is 0 Å². The summed E-state index contributed by atoms with van der Waals surface area (Å²) in [5.74, 6) is 0. The van der Waals surface area contributed by atoms with Crippen LogP contribution in [0.4, 0.5) is 0 Å². The number of nitrogens with zero attached hydrogens (tertiary/aromatic N) is 2. The van der Waals surface area contributed by atoms with E-state index in [0.717, 1.165) is 42.3 Å². The average molecular weight is 590 g/mol. The maximum absolute atomic E-state index is 8.93. The second-order valence-electron chi connectivity index (χ2n) is 7.69. The number of halogens is 4. The molecule has 1 heterocycles. The van der Waals surface area contributed by atoms with E-state index in [4.69, 9.17) is 22.6 Å². The third-order valence-electron chi connectivity index (χ3n) is 5.84. The maximum atomic E-state index is 8.93. The number of nitrogens with two attached hydrogens (primary N) is 1. The number of rotatable bonds is 4. The number of alkyl halides is 1. The van der Waals surface area contributed by atoms with Crippen LogP contribution in [0.2, 0.25) is 5.02 Å². The second kappa shape index (κ2) is 11.1. The van der Waals surface area contributed by atoms with Gasteiger partial charge in [-0.2, -0.15) is 5.26 Å². The standard InChI is InChI=1S/C23H22ClIN4.2ClH/c24-17-5-6-19-20(8-10-28-21(19)11-17)23(27)9-7-18(12-22(23)25)29-14-16-3-1-15(13-26)2-4-16;;/h1-6,8,10-11,18,22,29H,7,9,12,14,27H2;2*1H. The van der Waals surface area contributed by atoms with Crippen molar-refractivity contribution >= 4 is 69.9 Å². The molecule has 0 saturated heterocycles. The molecule has 31 heavy (non-hydrogen) atoms. The van der Waals surface area contributed by atoms with Crippen LogP contribution in [0.15, 0.2) is 54.7 Å². The highest BCUT2D eigenvalue weighted by Gasteiger charge is 2.41. The Morgan fingerprint density at radius 2 is 1.94 bits per heavy atom. The number of nitrogens with one attached hydrogen (secondary N) is 1. The minimum absolute atomic E-state index is 0. The molecule has 3 N–H and O–H groups in total. The SMILES string of the molecule is Cl.Cl.N#Cc1ccc(CNC2CCC(N)(c3ccnc4cc(Cl)ccc34)C(I)C2)cc1. The van der Waals surface area contributed by atoms with E-state index >= 15 is 0 Å². The normalized spacial score (nSPS) is 22.8. The number of hydrogen-bond acceptors (Lipinski definition) is 4. The highest BCUT2D eigenvalue weighted by molar-refractivity contribution is 14.1. The molecule has 1 aliphatic rings. The van der Waals surface area contributed by atoms with Crippen LogP contribution in [0.25, 0.3) is 10.9 Å². The maximum Gasteiger partial charge on any atom is 0.0991 e. The summed E-state index contributed by atoms with van der Waals surface area (Å²) in [6.45, 7) is 0.800. The van der Waals surface area contributed by atoms with Crippen molar-refractivity contribution in [3.8, 4) is 6.07 Å². The topological polar surface area (TPSA) is 74.7 Å². The Balaban J connectivity index is 0.00000171. The van der Waals surface area contributed by atoms with E-state index in [2.05, 4.69) is 45.0 Å². The monoisotopic (exact) mass is 588 g/mol. The quantitative estimate of drug-likeness (QED) is 0.294. The zero-order valence-corrected chi connectivity index (χ0v) is 21.3. The molecule has 0 amide bonds. The second-order valence-corrected chi connectivity index (χ2v) is 9.63. The van der Waals surface area contributed by atoms with Crippen LogP contribution in [0, 0.1) is 11.3 Å². The van der Waals surface area contributed by atoms with Gasteiger partial charge in [0.05, 0.1) is 22.7 Å². The Kier molecular flexibility index (Phi) is 9.38. The van der Waals surface area contributed by atoms with Crippen molar-refractivity contribution in [3.63, 3.8) is 0 Å². The molecule has 4 rings (SSSR count). The van der Waals surface area contributed by atoms with E-state index in [1.54, 1.807) is 0 Å². The number of fused-ring (bicyclic) bond motifs is 1. The average Bonchev–Trinajstić information content (AvgIpc) is 2.74. The van der Waals surface area contributed by atoms with Gasteiger partial charge in [-0.15, -0.1) is 24.8 Å². The van der Waals surface area contributed by atoms with E-state index < -0.39 is 0 Å². The first-order chi connectivity index (χ1) is 14.0. The van der Waals surface area contributed by atoms with E-state index in [-0.39, 0.29) is 30.4 Å². The predicted molar refractivity (Wildman–Crippen MR) is 141 cm³/mol. The van der Waals surface area contributed by atoms with Crippen molar-refractivity contribution in [1.82, 2.24) is 10.3 Å². The molecule has 164 valence electrons. The smallest absolute Gasteiger partial charge is 0.0991 e. The number of nitriles is 1. The summed E-state index contributed by atoms with van der Waals surface area (Å²) >= 11 is 8.65. The minimum atomic E-state index is -0.387. The molecule has 0 bridgehead atoms. The van der Waals surface area contributed by atoms with Crippen molar-refractivity contribution in [3.05, 3.63) is 76.4 Å². The molecule has 1 aromatic heterocycles. The molecule has 3 atom stereocenters. The number of aromatic nitrogens is 1. The van der Waals surface area contributed by atoms with Crippen molar-refractivity contribution in [2.45, 2.75) is 41.3 Å². The Morgan fingerprint density at radius 1 is 1.19 bits per heavy atom. The van der Waals surface area contributed by atoms with Gasteiger partial charge in [-0.3, -0.25) is 4.98 Å². The molecule has 0 aliphatic heterocycles. The van der Waals surface area contributed by atoms with Crippen LogP contribution < -0.4 is 11.1 Å². The Bertz CT molecular complexity index is 1070. The molecular weight excluding hydrogens is 566 g/mol. The van der Waals surface area contributed by atoms with E-state index in [9.17, 15) is 0 Å². The molecule has 0 spiro atoms. The number of pyridine rings is 1. The number of benzene rings is 2. The summed E-state index contributed by atoms with van der Waals surface area (Å²) in [5.41, 5.74) is 10.5. The molecule has 3 unspecified atom stereocenters. The molecule has 4 nitrogen and oxygen atoms in total. The van der Waals surface area contributed by atoms with E-state index in [1.807, 2.05) is 48.7 Å². The van der Waals surface area contributed by atoms with Crippen LogP contribution in [-0.2, 0) is 12.1 Å². The van der Waals surface area contributed by atoms with E-state index in [1.165, 1.54) is 5.56 Å². The first-order valence-electron chi connectivity index (χ1n) is 9.70. The third-order valence-corrected chi connectivity index (χ3v) is 7.70. The van der Waals surface area contributed by atoms with Crippen LogP contribution in [0.1, 0.15) is 36.0 Å². The summed E-state index contributed by atoms with van der Waals surface area (Å²) in [6.07, 6.45) is 4.77. The highest BCUT2D eigenvalue weighted by Crippen LogP contribution is 2.42. The summed E-state index contributed by atoms with van der Waals surface area (Å²) in [5, 5.41) is 14.4. The fraction of sp³-hybridized carbons (Fsp3) is 0.304. The van der Waals surface area contributed by atoms with Gasteiger partial charge in [-0.1, -0.05) is 52.4 Å². The molecule has 3 aromatic rings. The van der Waals surface area contributed by atoms with Crippen molar-refractivity contribution in [2.24, 2.45) is 5.73 Å². The molecule has 0 radical (unpaired) electrons. The lowest BCUT2D eigenvalue weighted by atomic mass is 9.74. The molecule has 2 aromatic carbocycles. The fourth-order valence-corrected chi connectivity index (χ4v) is 5.55. The summed E-state index contributed by atoms with van der Waals surface area (Å²) in [4.78, 5) is 4.47. The zero-order chi connectivity index (χ0) is 20.4. The lowest BCUT2D eigenvalue weighted by molar-refractivity contribution is 0.271. The van der Waals surface area contributed by atoms with Crippen LogP contribution in [0.5, 0.6) is 0 Å². The Hall–Kier alpha value is -1.14. The Morgan fingerprint density at radius 3 is 2.61 bits per heavy atom. The lowest BCUT2D eigenvalue weighted by Crippen LogP contribution is -2.52.